The normalized spacial score (nSPS) is 11.5. The molecule has 0 aliphatic rings. The zero-order valence-corrected chi connectivity index (χ0v) is 33.9. The summed E-state index contributed by atoms with van der Waals surface area (Å²) in [7, 11) is 0. The Morgan fingerprint density at radius 1 is 0.419 bits per heavy atom. The van der Waals surface area contributed by atoms with Gasteiger partial charge in [0.1, 0.15) is 11.2 Å². The summed E-state index contributed by atoms with van der Waals surface area (Å²) in [5, 5.41) is 16.3. The summed E-state index contributed by atoms with van der Waals surface area (Å²) >= 11 is 1.82. The van der Waals surface area contributed by atoms with Gasteiger partial charge in [-0.25, -0.2) is 15.0 Å². The van der Waals surface area contributed by atoms with Gasteiger partial charge in [-0.2, -0.15) is 5.26 Å². The molecular formula is C56H32N4OS. The molecule has 5 nitrogen and oxygen atoms in total. The lowest BCUT2D eigenvalue weighted by atomic mass is 9.94. The van der Waals surface area contributed by atoms with Crippen LogP contribution in [0, 0.1) is 11.3 Å². The lowest BCUT2D eigenvalue weighted by Crippen LogP contribution is -2.00. The van der Waals surface area contributed by atoms with Crippen molar-refractivity contribution in [2.24, 2.45) is 0 Å². The summed E-state index contributed by atoms with van der Waals surface area (Å²) < 4.78 is 9.06. The van der Waals surface area contributed by atoms with Crippen LogP contribution in [0.4, 0.5) is 0 Å². The van der Waals surface area contributed by atoms with E-state index in [0.717, 1.165) is 55.1 Å². The molecule has 6 heteroatoms. The largest absolute Gasteiger partial charge is 0.455 e. The standard InChI is InChI=1S/C56H32N4OS/c57-33-34-12-7-18-38(30-34)42-20-9-23-45-51-46(24-11-25-49(51)61-52(42)45)56-59-54(37-15-5-2-6-16-37)58-55(60-56)40-28-29-50-48(32-40)44-22-10-21-43(53(44)62-50)39-27-26-36-17-8-19-41(47(36)31-39)35-13-3-1-4-14-35/h1-32H. The fourth-order valence-corrected chi connectivity index (χ4v) is 10.1. The molecule has 12 rings (SSSR count). The Bertz CT molecular complexity index is 3770. The molecule has 0 N–H and O–H groups in total. The van der Waals surface area contributed by atoms with E-state index in [0.29, 0.717) is 23.0 Å². The first-order chi connectivity index (χ1) is 30.7. The van der Waals surface area contributed by atoms with Crippen molar-refractivity contribution in [1.82, 2.24) is 15.0 Å². The summed E-state index contributed by atoms with van der Waals surface area (Å²) in [5.74, 6) is 1.74. The van der Waals surface area contributed by atoms with Crippen molar-refractivity contribution >= 4 is 64.2 Å². The highest BCUT2D eigenvalue weighted by molar-refractivity contribution is 7.26. The molecule has 0 aliphatic carbocycles. The van der Waals surface area contributed by atoms with Crippen molar-refractivity contribution < 1.29 is 4.42 Å². The Morgan fingerprint density at radius 2 is 1.05 bits per heavy atom. The van der Waals surface area contributed by atoms with E-state index >= 15 is 0 Å². The van der Waals surface area contributed by atoms with Crippen LogP contribution in [-0.4, -0.2) is 15.0 Å². The van der Waals surface area contributed by atoms with E-state index < -0.39 is 0 Å². The van der Waals surface area contributed by atoms with Gasteiger partial charge in [0.25, 0.3) is 0 Å². The van der Waals surface area contributed by atoms with Gasteiger partial charge >= 0.3 is 0 Å². The molecule has 0 aliphatic heterocycles. The van der Waals surface area contributed by atoms with Crippen LogP contribution in [0.15, 0.2) is 199 Å². The average Bonchev–Trinajstić information content (AvgIpc) is 3.92. The summed E-state index contributed by atoms with van der Waals surface area (Å²) in [6, 6.07) is 69.3. The molecule has 0 saturated carbocycles. The van der Waals surface area contributed by atoms with Gasteiger partial charge in [-0.05, 0) is 81.1 Å². The molecular weight excluding hydrogens is 777 g/mol. The second kappa shape index (κ2) is 14.5. The predicted molar refractivity (Wildman–Crippen MR) is 255 cm³/mol. The Balaban J connectivity index is 1.01. The van der Waals surface area contributed by atoms with Gasteiger partial charge in [0.05, 0.1) is 11.6 Å². The van der Waals surface area contributed by atoms with Crippen LogP contribution < -0.4 is 0 Å². The number of thiophene rings is 1. The molecule has 288 valence electrons. The summed E-state index contributed by atoms with van der Waals surface area (Å²) in [6.45, 7) is 0. The number of para-hydroxylation sites is 1. The van der Waals surface area contributed by atoms with E-state index in [4.69, 9.17) is 19.4 Å². The molecule has 12 aromatic rings. The fraction of sp³-hybridized carbons (Fsp3) is 0. The van der Waals surface area contributed by atoms with Crippen molar-refractivity contribution in [1.29, 1.82) is 5.26 Å². The van der Waals surface area contributed by atoms with Gasteiger partial charge < -0.3 is 4.42 Å². The van der Waals surface area contributed by atoms with Crippen LogP contribution in [-0.2, 0) is 0 Å². The molecule has 0 amide bonds. The minimum atomic E-state index is 0.558. The van der Waals surface area contributed by atoms with Crippen LogP contribution >= 0.6 is 11.3 Å². The fourth-order valence-electron chi connectivity index (χ4n) is 8.83. The number of hydrogen-bond donors (Lipinski definition) is 0. The third-order valence-corrected chi connectivity index (χ3v) is 13.0. The van der Waals surface area contributed by atoms with Crippen molar-refractivity contribution in [2.75, 3.05) is 0 Å². The lowest BCUT2D eigenvalue weighted by molar-refractivity contribution is 0.670. The zero-order valence-electron chi connectivity index (χ0n) is 33.1. The Labute approximate surface area is 360 Å². The van der Waals surface area contributed by atoms with Gasteiger partial charge in [0.2, 0.25) is 0 Å². The average molecular weight is 809 g/mol. The third-order valence-electron chi connectivity index (χ3n) is 11.8. The molecule has 0 bridgehead atoms. The predicted octanol–water partition coefficient (Wildman–Crippen LogP) is 15.2. The number of rotatable bonds is 6. The molecule has 0 saturated heterocycles. The maximum atomic E-state index is 9.63. The van der Waals surface area contributed by atoms with Gasteiger partial charge in [-0.15, -0.1) is 11.3 Å². The van der Waals surface area contributed by atoms with E-state index in [-0.39, 0.29) is 0 Å². The second-order valence-corrected chi connectivity index (χ2v) is 16.5. The molecule has 9 aromatic carbocycles. The zero-order chi connectivity index (χ0) is 41.1. The van der Waals surface area contributed by atoms with Crippen LogP contribution in [0.1, 0.15) is 5.56 Å². The first kappa shape index (κ1) is 35.7. The molecule has 3 aromatic heterocycles. The second-order valence-electron chi connectivity index (χ2n) is 15.4. The number of fused-ring (bicyclic) bond motifs is 7. The van der Waals surface area contributed by atoms with E-state index in [1.165, 1.54) is 47.8 Å². The summed E-state index contributed by atoms with van der Waals surface area (Å²) in [5.41, 5.74) is 11.4. The van der Waals surface area contributed by atoms with Crippen molar-refractivity contribution in [3.05, 3.63) is 200 Å². The third kappa shape index (κ3) is 5.95. The molecule has 0 fully saturated rings. The van der Waals surface area contributed by atoms with Crippen LogP contribution in [0.5, 0.6) is 0 Å². The van der Waals surface area contributed by atoms with Crippen molar-refractivity contribution in [2.45, 2.75) is 0 Å². The highest BCUT2D eigenvalue weighted by Crippen LogP contribution is 2.44. The first-order valence-electron chi connectivity index (χ1n) is 20.5. The smallest absolute Gasteiger partial charge is 0.164 e. The Morgan fingerprint density at radius 3 is 1.89 bits per heavy atom. The number of benzene rings is 9. The molecule has 0 atom stereocenters. The first-order valence-corrected chi connectivity index (χ1v) is 21.3. The van der Waals surface area contributed by atoms with Gasteiger partial charge in [-0.1, -0.05) is 152 Å². The van der Waals surface area contributed by atoms with E-state index in [1.807, 2.05) is 90.2 Å². The Kier molecular flexibility index (Phi) is 8.34. The molecule has 0 spiro atoms. The van der Waals surface area contributed by atoms with Crippen LogP contribution in [0.3, 0.4) is 0 Å². The quantitative estimate of drug-likeness (QED) is 0.167. The summed E-state index contributed by atoms with van der Waals surface area (Å²) in [4.78, 5) is 15.5. The van der Waals surface area contributed by atoms with Gasteiger partial charge in [0.15, 0.2) is 17.5 Å². The Hall–Kier alpha value is -8.24. The topological polar surface area (TPSA) is 75.6 Å². The number of hydrogen-bond acceptors (Lipinski definition) is 6. The minimum Gasteiger partial charge on any atom is -0.455 e. The molecule has 0 unspecified atom stereocenters. The van der Waals surface area contributed by atoms with Crippen molar-refractivity contribution in [3.8, 4) is 73.6 Å². The maximum absolute atomic E-state index is 9.63. The number of aromatic nitrogens is 3. The van der Waals surface area contributed by atoms with Crippen molar-refractivity contribution in [3.63, 3.8) is 0 Å². The summed E-state index contributed by atoms with van der Waals surface area (Å²) in [6.07, 6.45) is 0. The molecule has 62 heavy (non-hydrogen) atoms. The van der Waals surface area contributed by atoms with Gasteiger partial charge in [0, 0.05) is 53.2 Å². The van der Waals surface area contributed by atoms with Crippen LogP contribution in [0.2, 0.25) is 0 Å². The number of furan rings is 1. The van der Waals surface area contributed by atoms with E-state index in [2.05, 4.69) is 121 Å². The number of nitrogens with zero attached hydrogens (tertiary/aromatic N) is 4. The minimum absolute atomic E-state index is 0.558. The molecule has 0 radical (unpaired) electrons. The SMILES string of the molecule is N#Cc1cccc(-c2cccc3c2oc2cccc(-c4nc(-c5ccccc5)nc(-c5ccc6sc7c(-c8ccc9cccc(-c%10ccccc%10)c9c8)cccc7c6c5)n4)c23)c1. The molecule has 3 heterocycles. The van der Waals surface area contributed by atoms with E-state index in [1.54, 1.807) is 0 Å². The van der Waals surface area contributed by atoms with Crippen LogP contribution in [0.25, 0.3) is 120 Å². The highest BCUT2D eigenvalue weighted by atomic mass is 32.1. The van der Waals surface area contributed by atoms with Gasteiger partial charge in [-0.3, -0.25) is 0 Å². The maximum Gasteiger partial charge on any atom is 0.164 e. The highest BCUT2D eigenvalue weighted by Gasteiger charge is 2.21. The lowest BCUT2D eigenvalue weighted by Gasteiger charge is -2.10. The van der Waals surface area contributed by atoms with E-state index in [9.17, 15) is 5.26 Å². The monoisotopic (exact) mass is 808 g/mol. The number of nitriles is 1.